The average Bonchev–Trinajstić information content (AvgIpc) is 2.22. The van der Waals surface area contributed by atoms with Crippen LogP contribution >= 0.6 is 27.5 Å². The van der Waals surface area contributed by atoms with Crippen LogP contribution in [0, 0.1) is 5.82 Å². The van der Waals surface area contributed by atoms with Gasteiger partial charge in [0.15, 0.2) is 0 Å². The van der Waals surface area contributed by atoms with Crippen LogP contribution < -0.4 is 0 Å². The molecule has 0 N–H and O–H groups in total. The van der Waals surface area contributed by atoms with Crippen LogP contribution in [0.25, 0.3) is 0 Å². The highest BCUT2D eigenvalue weighted by atomic mass is 79.9. The minimum absolute atomic E-state index is 0.197. The van der Waals surface area contributed by atoms with E-state index in [1.807, 2.05) is 6.07 Å². The van der Waals surface area contributed by atoms with Gasteiger partial charge in [-0.2, -0.15) is 0 Å². The van der Waals surface area contributed by atoms with Crippen LogP contribution in [-0.2, 0) is 6.42 Å². The molecule has 0 aliphatic rings. The molecule has 3 heteroatoms. The SMILES string of the molecule is CCCC(Cl)CCCc1ccc(F)cc1Br. The van der Waals surface area contributed by atoms with Crippen molar-refractivity contribution in [2.45, 2.75) is 44.4 Å². The summed E-state index contributed by atoms with van der Waals surface area (Å²) in [6.45, 7) is 2.14. The van der Waals surface area contributed by atoms with Gasteiger partial charge in [0.25, 0.3) is 0 Å². The molecule has 0 radical (unpaired) electrons. The second-order valence-corrected chi connectivity index (χ2v) is 5.49. The molecule has 90 valence electrons. The largest absolute Gasteiger partial charge is 0.207 e. The molecule has 0 fully saturated rings. The van der Waals surface area contributed by atoms with E-state index in [9.17, 15) is 4.39 Å². The monoisotopic (exact) mass is 306 g/mol. The third kappa shape index (κ3) is 4.84. The number of hydrogen-bond donors (Lipinski definition) is 0. The van der Waals surface area contributed by atoms with Gasteiger partial charge in [0, 0.05) is 9.85 Å². The topological polar surface area (TPSA) is 0 Å². The summed E-state index contributed by atoms with van der Waals surface area (Å²) < 4.78 is 13.7. The zero-order valence-corrected chi connectivity index (χ0v) is 11.8. The van der Waals surface area contributed by atoms with Gasteiger partial charge in [0.05, 0.1) is 0 Å². The van der Waals surface area contributed by atoms with Crippen LogP contribution in [0.5, 0.6) is 0 Å². The molecule has 0 nitrogen and oxygen atoms in total. The average molecular weight is 308 g/mol. The van der Waals surface area contributed by atoms with Crippen molar-refractivity contribution in [2.75, 3.05) is 0 Å². The number of aryl methyl sites for hydroxylation is 1. The van der Waals surface area contributed by atoms with Gasteiger partial charge >= 0.3 is 0 Å². The summed E-state index contributed by atoms with van der Waals surface area (Å²) in [7, 11) is 0. The van der Waals surface area contributed by atoms with E-state index in [0.29, 0.717) is 0 Å². The van der Waals surface area contributed by atoms with Gasteiger partial charge in [-0.15, -0.1) is 11.6 Å². The Labute approximate surface area is 110 Å². The minimum Gasteiger partial charge on any atom is -0.207 e. The van der Waals surface area contributed by atoms with Crippen LogP contribution in [0.2, 0.25) is 0 Å². The van der Waals surface area contributed by atoms with Gasteiger partial charge in [0.1, 0.15) is 5.82 Å². The third-order valence-electron chi connectivity index (χ3n) is 2.58. The minimum atomic E-state index is -0.197. The fourth-order valence-electron chi connectivity index (χ4n) is 1.70. The lowest BCUT2D eigenvalue weighted by Crippen LogP contribution is -1.99. The first-order chi connectivity index (χ1) is 7.63. The first-order valence-corrected chi connectivity index (χ1v) is 6.94. The first kappa shape index (κ1) is 14.0. The zero-order chi connectivity index (χ0) is 12.0. The van der Waals surface area contributed by atoms with Crippen molar-refractivity contribution in [3.05, 3.63) is 34.1 Å². The number of halogens is 3. The van der Waals surface area contributed by atoms with Crippen molar-refractivity contribution in [3.63, 3.8) is 0 Å². The summed E-state index contributed by atoms with van der Waals surface area (Å²) in [6, 6.07) is 4.85. The van der Waals surface area contributed by atoms with Crippen LogP contribution in [0.3, 0.4) is 0 Å². The van der Waals surface area contributed by atoms with Gasteiger partial charge in [-0.1, -0.05) is 35.3 Å². The Morgan fingerprint density at radius 3 is 2.75 bits per heavy atom. The van der Waals surface area contributed by atoms with Gasteiger partial charge in [0.2, 0.25) is 0 Å². The van der Waals surface area contributed by atoms with Crippen molar-refractivity contribution in [3.8, 4) is 0 Å². The van der Waals surface area contributed by atoms with E-state index in [4.69, 9.17) is 11.6 Å². The maximum absolute atomic E-state index is 12.8. The quantitative estimate of drug-likeness (QED) is 0.624. The molecule has 0 bridgehead atoms. The molecule has 0 aliphatic carbocycles. The molecule has 0 heterocycles. The van der Waals surface area contributed by atoms with Gasteiger partial charge in [-0.05, 0) is 43.4 Å². The van der Waals surface area contributed by atoms with Crippen molar-refractivity contribution < 1.29 is 4.39 Å². The molecule has 0 saturated heterocycles. The van der Waals surface area contributed by atoms with E-state index in [0.717, 1.165) is 42.1 Å². The summed E-state index contributed by atoms with van der Waals surface area (Å²) in [5, 5.41) is 0.282. The zero-order valence-electron chi connectivity index (χ0n) is 9.48. The lowest BCUT2D eigenvalue weighted by Gasteiger charge is -2.08. The van der Waals surface area contributed by atoms with Crippen LogP contribution in [0.15, 0.2) is 22.7 Å². The lowest BCUT2D eigenvalue weighted by molar-refractivity contribution is 0.622. The fraction of sp³-hybridized carbons (Fsp3) is 0.538. The van der Waals surface area contributed by atoms with E-state index >= 15 is 0 Å². The van der Waals surface area contributed by atoms with E-state index in [1.54, 1.807) is 0 Å². The van der Waals surface area contributed by atoms with Crippen molar-refractivity contribution in [1.29, 1.82) is 0 Å². The molecule has 0 amide bonds. The summed E-state index contributed by atoms with van der Waals surface area (Å²) in [4.78, 5) is 0. The Morgan fingerprint density at radius 2 is 2.12 bits per heavy atom. The van der Waals surface area contributed by atoms with Crippen molar-refractivity contribution in [2.24, 2.45) is 0 Å². The van der Waals surface area contributed by atoms with Crippen molar-refractivity contribution in [1.82, 2.24) is 0 Å². The third-order valence-corrected chi connectivity index (χ3v) is 3.76. The highest BCUT2D eigenvalue weighted by molar-refractivity contribution is 9.10. The smallest absolute Gasteiger partial charge is 0.124 e. The maximum Gasteiger partial charge on any atom is 0.124 e. The summed E-state index contributed by atoms with van der Waals surface area (Å²) in [6.07, 6.45) is 5.24. The first-order valence-electron chi connectivity index (χ1n) is 5.71. The number of alkyl halides is 1. The normalized spacial score (nSPS) is 12.8. The predicted octanol–water partition coefficient (Wildman–Crippen LogP) is 5.32. The highest BCUT2D eigenvalue weighted by Crippen LogP contribution is 2.21. The molecule has 0 spiro atoms. The standard InChI is InChI=1S/C13H17BrClF/c1-2-4-11(15)6-3-5-10-7-8-12(16)9-13(10)14/h7-9,11H,2-6H2,1H3. The molecule has 1 unspecified atom stereocenters. The second-order valence-electron chi connectivity index (χ2n) is 4.01. The highest BCUT2D eigenvalue weighted by Gasteiger charge is 2.05. The number of benzene rings is 1. The molecule has 1 aromatic carbocycles. The molecule has 1 aromatic rings. The van der Waals surface area contributed by atoms with Gasteiger partial charge < -0.3 is 0 Å². The molecule has 1 atom stereocenters. The molecular formula is C13H17BrClF. The number of hydrogen-bond acceptors (Lipinski definition) is 0. The predicted molar refractivity (Wildman–Crippen MR) is 71.6 cm³/mol. The van der Waals surface area contributed by atoms with E-state index in [2.05, 4.69) is 22.9 Å². The lowest BCUT2D eigenvalue weighted by atomic mass is 10.1. The molecule has 0 aliphatic heterocycles. The van der Waals surface area contributed by atoms with Gasteiger partial charge in [-0.25, -0.2) is 4.39 Å². The van der Waals surface area contributed by atoms with Gasteiger partial charge in [-0.3, -0.25) is 0 Å². The molecular weight excluding hydrogens is 290 g/mol. The summed E-state index contributed by atoms with van der Waals surface area (Å²) in [5.74, 6) is -0.197. The molecule has 0 aromatic heterocycles. The van der Waals surface area contributed by atoms with Crippen LogP contribution in [-0.4, -0.2) is 5.38 Å². The van der Waals surface area contributed by atoms with Crippen LogP contribution in [0.4, 0.5) is 4.39 Å². The van der Waals surface area contributed by atoms with Crippen LogP contribution in [0.1, 0.15) is 38.2 Å². The van der Waals surface area contributed by atoms with E-state index in [1.165, 1.54) is 12.1 Å². The Kier molecular flexibility index (Phi) is 6.37. The Balaban J connectivity index is 2.37. The van der Waals surface area contributed by atoms with E-state index in [-0.39, 0.29) is 11.2 Å². The van der Waals surface area contributed by atoms with E-state index < -0.39 is 0 Å². The second kappa shape index (κ2) is 7.29. The summed E-state index contributed by atoms with van der Waals surface area (Å²) in [5.41, 5.74) is 1.15. The number of rotatable bonds is 6. The molecule has 0 saturated carbocycles. The summed E-state index contributed by atoms with van der Waals surface area (Å²) >= 11 is 9.51. The molecule has 16 heavy (non-hydrogen) atoms. The van der Waals surface area contributed by atoms with Crippen molar-refractivity contribution >= 4 is 27.5 Å². The Bertz CT molecular complexity index is 328. The Hall–Kier alpha value is -0.0800. The fourth-order valence-corrected chi connectivity index (χ4v) is 2.62. The Morgan fingerprint density at radius 1 is 1.38 bits per heavy atom. The maximum atomic E-state index is 12.8. The molecule has 1 rings (SSSR count).